The first kappa shape index (κ1) is 28.5. The molecule has 2 fully saturated rings. The van der Waals surface area contributed by atoms with Crippen molar-refractivity contribution in [2.24, 2.45) is 0 Å². The lowest BCUT2D eigenvalue weighted by Crippen LogP contribution is -2.42. The van der Waals surface area contributed by atoms with Gasteiger partial charge in [-0.2, -0.15) is 9.97 Å². The zero-order valence-corrected chi connectivity index (χ0v) is 24.4. The second kappa shape index (κ2) is 11.2. The third-order valence-electron chi connectivity index (χ3n) is 7.47. The minimum atomic E-state index is -0.731. The Kier molecular flexibility index (Phi) is 7.46. The van der Waals surface area contributed by atoms with E-state index in [4.69, 9.17) is 19.2 Å². The van der Waals surface area contributed by atoms with Gasteiger partial charge in [-0.05, 0) is 52.2 Å². The maximum absolute atomic E-state index is 15.5. The van der Waals surface area contributed by atoms with Gasteiger partial charge in [0.25, 0.3) is 5.91 Å². The molecule has 1 aromatic carbocycles. The zero-order chi connectivity index (χ0) is 30.3. The molecule has 2 aliphatic heterocycles. The van der Waals surface area contributed by atoms with Crippen molar-refractivity contribution in [2.45, 2.75) is 58.0 Å². The molecular formula is C29H33FN8O5. The van der Waals surface area contributed by atoms with Crippen LogP contribution < -0.4 is 25.0 Å². The molecule has 6 rings (SSSR count). The van der Waals surface area contributed by atoms with Gasteiger partial charge in [0.1, 0.15) is 17.0 Å². The molecule has 2 N–H and O–H groups in total. The molecule has 4 heterocycles. The second-order valence-electron chi connectivity index (χ2n) is 11.2. The average molecular weight is 593 g/mol. The third kappa shape index (κ3) is 6.00. The Labute approximate surface area is 247 Å². The zero-order valence-electron chi connectivity index (χ0n) is 24.4. The summed E-state index contributed by atoms with van der Waals surface area (Å²) in [5.74, 6) is -0.218. The van der Waals surface area contributed by atoms with Crippen molar-refractivity contribution in [2.75, 3.05) is 42.3 Å². The van der Waals surface area contributed by atoms with E-state index >= 15 is 4.39 Å². The summed E-state index contributed by atoms with van der Waals surface area (Å²) < 4.78 is 32.9. The first-order valence-corrected chi connectivity index (χ1v) is 14.2. The number of methoxy groups -OCH3 is 1. The standard InChI is InChI=1S/C29H33FN8O5/c1-5-37-15-29(2,3)43-25-23(26(37)39)24(35-27(36-25)38-14-22(38)42-17-7-6-8-17)16-9-10-19(18(30)11-16)32-28(40)34-20-12-31-13-21(33-20)41-4/h9-13,17,22H,5-8,14-15H2,1-4H3,(H2,32,33,34,40). The van der Waals surface area contributed by atoms with Crippen LogP contribution in [0.4, 0.5) is 26.6 Å². The van der Waals surface area contributed by atoms with Crippen molar-refractivity contribution in [3.05, 3.63) is 42.0 Å². The predicted molar refractivity (Wildman–Crippen MR) is 155 cm³/mol. The summed E-state index contributed by atoms with van der Waals surface area (Å²) in [7, 11) is 1.42. The SMILES string of the molecule is CCN1CC(C)(C)Oc2nc(N3CC3OC3CCC3)nc(-c3ccc(NC(=O)Nc4cncc(OC)n4)c(F)c3)c2C1=O. The molecule has 13 nitrogen and oxygen atoms in total. The van der Waals surface area contributed by atoms with E-state index in [1.165, 1.54) is 31.6 Å². The highest BCUT2D eigenvalue weighted by Crippen LogP contribution is 2.39. The number of halogens is 1. The number of carbonyl (C=O) groups excluding carboxylic acids is 2. The van der Waals surface area contributed by atoms with E-state index in [-0.39, 0.29) is 52.8 Å². The van der Waals surface area contributed by atoms with Crippen molar-refractivity contribution in [1.82, 2.24) is 24.8 Å². The molecule has 1 unspecified atom stereocenters. The van der Waals surface area contributed by atoms with E-state index in [1.54, 1.807) is 11.0 Å². The largest absolute Gasteiger partial charge is 0.480 e. The number of likely N-dealkylation sites (N-methyl/N-ethyl adjacent to an activating group) is 1. The van der Waals surface area contributed by atoms with Gasteiger partial charge >= 0.3 is 6.03 Å². The molecule has 14 heteroatoms. The van der Waals surface area contributed by atoms with Gasteiger partial charge in [0, 0.05) is 12.1 Å². The van der Waals surface area contributed by atoms with Crippen molar-refractivity contribution in [1.29, 1.82) is 0 Å². The highest BCUT2D eigenvalue weighted by atomic mass is 19.1. The summed E-state index contributed by atoms with van der Waals surface area (Å²) in [5.41, 5.74) is -0.0923. The molecule has 1 saturated heterocycles. The quantitative estimate of drug-likeness (QED) is 0.367. The number of hydrogen-bond donors (Lipinski definition) is 2. The van der Waals surface area contributed by atoms with Gasteiger partial charge in [0.05, 0.1) is 50.1 Å². The molecule has 1 atom stereocenters. The average Bonchev–Trinajstić information content (AvgIpc) is 3.74. The molecule has 0 bridgehead atoms. The van der Waals surface area contributed by atoms with Gasteiger partial charge in [-0.1, -0.05) is 6.07 Å². The molecule has 0 spiro atoms. The molecule has 43 heavy (non-hydrogen) atoms. The number of nitrogens with one attached hydrogen (secondary N) is 2. The van der Waals surface area contributed by atoms with Gasteiger partial charge in [-0.15, -0.1) is 0 Å². The molecule has 3 aliphatic rings. The van der Waals surface area contributed by atoms with Crippen LogP contribution in [-0.4, -0.2) is 81.5 Å². The Morgan fingerprint density at radius 2 is 2.00 bits per heavy atom. The number of hydrogen-bond acceptors (Lipinski definition) is 10. The monoisotopic (exact) mass is 592 g/mol. The summed E-state index contributed by atoms with van der Waals surface area (Å²) in [6, 6.07) is 3.48. The Morgan fingerprint density at radius 3 is 2.70 bits per heavy atom. The Bertz CT molecular complexity index is 1570. The van der Waals surface area contributed by atoms with Crippen LogP contribution in [0.25, 0.3) is 11.3 Å². The van der Waals surface area contributed by atoms with Crippen LogP contribution >= 0.6 is 0 Å². The van der Waals surface area contributed by atoms with E-state index in [9.17, 15) is 9.59 Å². The number of aromatic nitrogens is 4. The lowest BCUT2D eigenvalue weighted by molar-refractivity contribution is -0.00681. The fourth-order valence-electron chi connectivity index (χ4n) is 4.99. The summed E-state index contributed by atoms with van der Waals surface area (Å²) in [6.45, 7) is 7.06. The van der Waals surface area contributed by atoms with Gasteiger partial charge < -0.3 is 29.3 Å². The Morgan fingerprint density at radius 1 is 1.19 bits per heavy atom. The van der Waals surface area contributed by atoms with Crippen LogP contribution in [0.3, 0.4) is 0 Å². The molecule has 3 amide bonds. The van der Waals surface area contributed by atoms with Crippen LogP contribution in [0.15, 0.2) is 30.6 Å². The van der Waals surface area contributed by atoms with Crippen molar-refractivity contribution in [3.8, 4) is 23.0 Å². The van der Waals surface area contributed by atoms with E-state index < -0.39 is 17.4 Å². The van der Waals surface area contributed by atoms with Crippen LogP contribution in [0.2, 0.25) is 0 Å². The number of carbonyl (C=O) groups is 2. The highest BCUT2D eigenvalue weighted by Gasteiger charge is 2.43. The third-order valence-corrected chi connectivity index (χ3v) is 7.47. The molecule has 226 valence electrons. The lowest BCUT2D eigenvalue weighted by atomic mass is 9.96. The predicted octanol–water partition coefficient (Wildman–Crippen LogP) is 4.07. The van der Waals surface area contributed by atoms with E-state index in [0.717, 1.165) is 19.3 Å². The minimum absolute atomic E-state index is 0.0868. The van der Waals surface area contributed by atoms with Crippen molar-refractivity contribution in [3.63, 3.8) is 0 Å². The van der Waals surface area contributed by atoms with Gasteiger partial charge in [0.15, 0.2) is 12.0 Å². The smallest absolute Gasteiger partial charge is 0.324 e. The fraction of sp³-hybridized carbons (Fsp3) is 0.448. The van der Waals surface area contributed by atoms with Gasteiger partial charge in [-0.25, -0.2) is 14.2 Å². The van der Waals surface area contributed by atoms with Gasteiger partial charge in [0.2, 0.25) is 17.7 Å². The van der Waals surface area contributed by atoms with E-state index in [0.29, 0.717) is 31.1 Å². The number of ether oxygens (including phenoxy) is 3. The van der Waals surface area contributed by atoms with Crippen LogP contribution in [-0.2, 0) is 4.74 Å². The summed E-state index contributed by atoms with van der Waals surface area (Å²) in [5, 5.41) is 4.96. The number of urea groups is 1. The number of anilines is 3. The maximum atomic E-state index is 15.5. The number of benzene rings is 1. The van der Waals surface area contributed by atoms with E-state index in [2.05, 4.69) is 25.6 Å². The van der Waals surface area contributed by atoms with Crippen LogP contribution in [0.5, 0.6) is 11.8 Å². The van der Waals surface area contributed by atoms with Crippen LogP contribution in [0, 0.1) is 5.82 Å². The molecule has 1 aliphatic carbocycles. The highest BCUT2D eigenvalue weighted by molar-refractivity contribution is 6.03. The second-order valence-corrected chi connectivity index (χ2v) is 11.2. The number of nitrogens with zero attached hydrogens (tertiary/aromatic N) is 6. The first-order chi connectivity index (χ1) is 20.6. The van der Waals surface area contributed by atoms with E-state index in [1.807, 2.05) is 25.7 Å². The fourth-order valence-corrected chi connectivity index (χ4v) is 4.99. The molecule has 3 aromatic rings. The number of amides is 3. The molecular weight excluding hydrogens is 559 g/mol. The van der Waals surface area contributed by atoms with Crippen molar-refractivity contribution < 1.29 is 28.2 Å². The minimum Gasteiger partial charge on any atom is -0.480 e. The molecule has 2 aromatic heterocycles. The Hall–Kier alpha value is -4.59. The summed E-state index contributed by atoms with van der Waals surface area (Å²) in [4.78, 5) is 47.3. The topological polar surface area (TPSA) is 144 Å². The number of rotatable bonds is 8. The maximum Gasteiger partial charge on any atom is 0.324 e. The van der Waals surface area contributed by atoms with Crippen LogP contribution in [0.1, 0.15) is 50.4 Å². The molecule has 1 saturated carbocycles. The first-order valence-electron chi connectivity index (χ1n) is 14.2. The normalized spacial score (nSPS) is 19.1. The Balaban J connectivity index is 1.32. The summed E-state index contributed by atoms with van der Waals surface area (Å²) >= 11 is 0. The number of fused-ring (bicyclic) bond motifs is 1. The van der Waals surface area contributed by atoms with Crippen molar-refractivity contribution >= 4 is 29.4 Å². The lowest BCUT2D eigenvalue weighted by Gasteiger charge is -2.28. The molecule has 0 radical (unpaired) electrons. The summed E-state index contributed by atoms with van der Waals surface area (Å²) in [6.07, 6.45) is 6.01. The van der Waals surface area contributed by atoms with Gasteiger partial charge in [-0.3, -0.25) is 15.1 Å².